The molecule has 214 valence electrons. The van der Waals surface area contributed by atoms with Gasteiger partial charge in [-0.1, -0.05) is 108 Å². The summed E-state index contributed by atoms with van der Waals surface area (Å²) in [5.74, 6) is -1.86. The van der Waals surface area contributed by atoms with Crippen LogP contribution in [-0.4, -0.2) is 22.2 Å². The van der Waals surface area contributed by atoms with Crippen molar-refractivity contribution in [3.05, 3.63) is 157 Å². The molecule has 44 heavy (non-hydrogen) atoms. The van der Waals surface area contributed by atoms with E-state index >= 15 is 0 Å². The maximum Gasteiger partial charge on any atom is 0.335 e. The van der Waals surface area contributed by atoms with Crippen molar-refractivity contribution in [3.63, 3.8) is 0 Å². The van der Waals surface area contributed by atoms with Crippen LogP contribution in [0, 0.1) is 0 Å². The number of carboxylic acid groups (broad SMARTS) is 2. The Bertz CT molecular complexity index is 1790. The minimum Gasteiger partial charge on any atom is -0.478 e. The molecule has 6 heteroatoms. The maximum atomic E-state index is 11.2. The molecule has 0 aliphatic rings. The van der Waals surface area contributed by atoms with Gasteiger partial charge in [-0.15, -0.1) is 0 Å². The first-order chi connectivity index (χ1) is 21.4. The lowest BCUT2D eigenvalue weighted by molar-refractivity contribution is 0.0686. The highest BCUT2D eigenvalue weighted by molar-refractivity contribution is 7.99. The number of carbonyl (C=O) groups is 2. The van der Waals surface area contributed by atoms with E-state index in [4.69, 9.17) is 0 Å². The van der Waals surface area contributed by atoms with Crippen molar-refractivity contribution in [1.82, 2.24) is 0 Å². The van der Waals surface area contributed by atoms with E-state index in [1.807, 2.05) is 48.5 Å². The minimum atomic E-state index is -0.928. The van der Waals surface area contributed by atoms with Crippen LogP contribution in [-0.2, 0) is 0 Å². The summed E-state index contributed by atoms with van der Waals surface area (Å²) >= 11 is 3.23. The third kappa shape index (κ3) is 6.62. The average Bonchev–Trinajstić information content (AvgIpc) is 3.06. The Balaban J connectivity index is 1.19. The van der Waals surface area contributed by atoms with Crippen LogP contribution in [0.15, 0.2) is 165 Å². The molecule has 0 saturated carbocycles. The first-order valence-corrected chi connectivity index (χ1v) is 15.5. The zero-order valence-electron chi connectivity index (χ0n) is 23.4. The van der Waals surface area contributed by atoms with Gasteiger partial charge in [-0.25, -0.2) is 9.59 Å². The molecule has 0 spiro atoms. The van der Waals surface area contributed by atoms with Crippen molar-refractivity contribution in [3.8, 4) is 33.4 Å². The first-order valence-electron chi connectivity index (χ1n) is 13.9. The molecule has 0 saturated heterocycles. The quantitative estimate of drug-likeness (QED) is 0.170. The van der Waals surface area contributed by atoms with Crippen molar-refractivity contribution in [1.29, 1.82) is 0 Å². The van der Waals surface area contributed by atoms with E-state index in [1.54, 1.807) is 47.8 Å². The van der Waals surface area contributed by atoms with Gasteiger partial charge in [0.05, 0.1) is 11.1 Å². The number of carboxylic acids is 2. The van der Waals surface area contributed by atoms with E-state index in [0.29, 0.717) is 0 Å². The number of benzene rings is 6. The first kappa shape index (κ1) is 29.1. The largest absolute Gasteiger partial charge is 0.478 e. The van der Waals surface area contributed by atoms with E-state index < -0.39 is 11.9 Å². The summed E-state index contributed by atoms with van der Waals surface area (Å²) in [6, 6.07) is 47.4. The lowest BCUT2D eigenvalue weighted by Crippen LogP contribution is -1.94. The Hall–Kier alpha value is -5.04. The van der Waals surface area contributed by atoms with Crippen LogP contribution in [0.25, 0.3) is 33.4 Å². The van der Waals surface area contributed by atoms with E-state index in [0.717, 1.165) is 53.0 Å². The molecule has 6 aromatic carbocycles. The molecule has 0 radical (unpaired) electrons. The molecular weight excluding hydrogens is 585 g/mol. The van der Waals surface area contributed by atoms with Crippen molar-refractivity contribution in [2.24, 2.45) is 0 Å². The summed E-state index contributed by atoms with van der Waals surface area (Å²) in [5.41, 5.74) is 7.25. The fourth-order valence-corrected chi connectivity index (χ4v) is 6.79. The SMILES string of the molecule is O=C(O)c1ccc(Sc2ccccc2-c2ccc(-c3ccc(-c4ccccc4Sc4ccc(C(=O)O)cc4)cc3)cc2)cc1. The second-order valence-corrected chi connectivity index (χ2v) is 12.2. The lowest BCUT2D eigenvalue weighted by Gasteiger charge is -2.12. The van der Waals surface area contributed by atoms with Gasteiger partial charge in [-0.05, 0) is 94.0 Å². The summed E-state index contributed by atoms with van der Waals surface area (Å²) in [7, 11) is 0. The molecule has 0 atom stereocenters. The number of rotatable bonds is 9. The molecule has 0 aromatic heterocycles. The van der Waals surface area contributed by atoms with Crippen LogP contribution in [0.5, 0.6) is 0 Å². The maximum absolute atomic E-state index is 11.2. The number of hydrogen-bond acceptors (Lipinski definition) is 4. The van der Waals surface area contributed by atoms with Gasteiger partial charge in [-0.3, -0.25) is 0 Å². The second kappa shape index (κ2) is 13.1. The van der Waals surface area contributed by atoms with Gasteiger partial charge in [0.1, 0.15) is 0 Å². The molecule has 0 aliphatic carbocycles. The summed E-state index contributed by atoms with van der Waals surface area (Å²) in [6.45, 7) is 0. The summed E-state index contributed by atoms with van der Waals surface area (Å²) in [4.78, 5) is 26.6. The molecular formula is C38H26O4S2. The Labute approximate surface area is 264 Å². The Kier molecular flexibility index (Phi) is 8.64. The van der Waals surface area contributed by atoms with Gasteiger partial charge in [-0.2, -0.15) is 0 Å². The van der Waals surface area contributed by atoms with Crippen molar-refractivity contribution < 1.29 is 19.8 Å². The van der Waals surface area contributed by atoms with Crippen LogP contribution < -0.4 is 0 Å². The van der Waals surface area contributed by atoms with Gasteiger partial charge < -0.3 is 10.2 Å². The van der Waals surface area contributed by atoms with Crippen molar-refractivity contribution in [2.75, 3.05) is 0 Å². The van der Waals surface area contributed by atoms with E-state index in [2.05, 4.69) is 72.8 Å². The highest BCUT2D eigenvalue weighted by atomic mass is 32.2. The fraction of sp³-hybridized carbons (Fsp3) is 0. The van der Waals surface area contributed by atoms with Gasteiger partial charge in [0, 0.05) is 19.6 Å². The third-order valence-corrected chi connectivity index (χ3v) is 9.32. The van der Waals surface area contributed by atoms with E-state index in [1.165, 1.54) is 0 Å². The fourth-order valence-electron chi connectivity index (χ4n) is 4.86. The van der Waals surface area contributed by atoms with Crippen LogP contribution in [0.3, 0.4) is 0 Å². The molecule has 0 unspecified atom stereocenters. The molecule has 6 rings (SSSR count). The predicted molar refractivity (Wildman–Crippen MR) is 178 cm³/mol. The molecule has 0 fully saturated rings. The second-order valence-electron chi connectivity index (χ2n) is 10.0. The average molecular weight is 611 g/mol. The van der Waals surface area contributed by atoms with Crippen LogP contribution in [0.2, 0.25) is 0 Å². The van der Waals surface area contributed by atoms with Gasteiger partial charge in [0.2, 0.25) is 0 Å². The van der Waals surface area contributed by atoms with E-state index in [9.17, 15) is 19.8 Å². The zero-order valence-corrected chi connectivity index (χ0v) is 25.0. The number of aromatic carboxylic acids is 2. The molecule has 0 heterocycles. The smallest absolute Gasteiger partial charge is 0.335 e. The van der Waals surface area contributed by atoms with E-state index in [-0.39, 0.29) is 11.1 Å². The normalized spacial score (nSPS) is 10.8. The molecule has 0 aliphatic heterocycles. The van der Waals surface area contributed by atoms with Gasteiger partial charge in [0.25, 0.3) is 0 Å². The standard InChI is InChI=1S/C38H26O4S2/c39-37(40)29-17-21-31(22-18-29)43-35-7-3-1-5-33(35)27-13-9-25(10-14-27)26-11-15-28(16-12-26)34-6-2-4-8-36(34)44-32-23-19-30(20-24-32)38(41)42/h1-24H,(H,39,40)(H,41,42). The Morgan fingerprint density at radius 2 is 0.705 bits per heavy atom. The molecule has 2 N–H and O–H groups in total. The summed E-state index contributed by atoms with van der Waals surface area (Å²) in [6.07, 6.45) is 0. The number of hydrogen-bond donors (Lipinski definition) is 2. The van der Waals surface area contributed by atoms with Crippen LogP contribution >= 0.6 is 23.5 Å². The van der Waals surface area contributed by atoms with Crippen molar-refractivity contribution >= 4 is 35.5 Å². The Morgan fingerprint density at radius 3 is 1.05 bits per heavy atom. The third-order valence-electron chi connectivity index (χ3n) is 7.16. The summed E-state index contributed by atoms with van der Waals surface area (Å²) < 4.78 is 0. The zero-order chi connectivity index (χ0) is 30.5. The van der Waals surface area contributed by atoms with Gasteiger partial charge in [0.15, 0.2) is 0 Å². The molecule has 0 bridgehead atoms. The monoisotopic (exact) mass is 610 g/mol. The minimum absolute atomic E-state index is 0.277. The van der Waals surface area contributed by atoms with Crippen molar-refractivity contribution in [2.45, 2.75) is 19.6 Å². The molecule has 4 nitrogen and oxygen atoms in total. The topological polar surface area (TPSA) is 74.6 Å². The van der Waals surface area contributed by atoms with Crippen LogP contribution in [0.1, 0.15) is 20.7 Å². The van der Waals surface area contributed by atoms with Gasteiger partial charge >= 0.3 is 11.9 Å². The predicted octanol–water partition coefficient (Wildman–Crippen LogP) is 10.4. The summed E-state index contributed by atoms with van der Waals surface area (Å²) in [5, 5.41) is 18.4. The highest BCUT2D eigenvalue weighted by Gasteiger charge is 2.11. The van der Waals surface area contributed by atoms with Crippen LogP contribution in [0.4, 0.5) is 0 Å². The molecule has 6 aromatic rings. The lowest BCUT2D eigenvalue weighted by atomic mass is 9.98. The molecule has 0 amide bonds. The highest BCUT2D eigenvalue weighted by Crippen LogP contribution is 2.38. The Morgan fingerprint density at radius 1 is 0.386 bits per heavy atom.